The van der Waals surface area contributed by atoms with Crippen LogP contribution in [0, 0.1) is 5.92 Å². The monoisotopic (exact) mass is 350 g/mol. The number of benzene rings is 1. The van der Waals surface area contributed by atoms with E-state index in [9.17, 15) is 8.42 Å². The van der Waals surface area contributed by atoms with Crippen LogP contribution in [-0.2, 0) is 15.9 Å². The Balaban J connectivity index is 2.29. The van der Waals surface area contributed by atoms with Crippen molar-refractivity contribution >= 4 is 33.2 Å². The Labute approximate surface area is 136 Å². The first kappa shape index (κ1) is 17.0. The first-order valence-corrected chi connectivity index (χ1v) is 9.13. The van der Waals surface area contributed by atoms with Gasteiger partial charge in [-0.3, -0.25) is 0 Å². The van der Waals surface area contributed by atoms with E-state index in [1.54, 1.807) is 12.1 Å². The van der Waals surface area contributed by atoms with E-state index in [1.807, 2.05) is 14.1 Å². The molecule has 1 aromatic carbocycles. The van der Waals surface area contributed by atoms with E-state index in [1.165, 1.54) is 10.4 Å². The number of halogens is 2. The summed E-state index contributed by atoms with van der Waals surface area (Å²) < 4.78 is 27.0. The maximum atomic E-state index is 12.7. The normalized spacial score (nSPS) is 23.9. The number of likely N-dealkylation sites (N-methyl/N-ethyl adjacent to an activating group) is 1. The molecular weight excluding hydrogens is 331 g/mol. The highest BCUT2D eigenvalue weighted by Crippen LogP contribution is 2.29. The van der Waals surface area contributed by atoms with Crippen LogP contribution in [-0.4, -0.2) is 50.8 Å². The molecule has 0 bridgehead atoms. The van der Waals surface area contributed by atoms with Crippen LogP contribution in [0.5, 0.6) is 0 Å². The number of hydrogen-bond donors (Lipinski definition) is 0. The molecule has 0 amide bonds. The molecule has 0 aromatic heterocycles. The maximum absolute atomic E-state index is 12.7. The Bertz CT molecular complexity index is 619. The minimum atomic E-state index is -3.51. The molecule has 0 N–H and O–H groups in total. The third-order valence-corrected chi connectivity index (χ3v) is 6.48. The largest absolute Gasteiger partial charge is 0.305 e. The van der Waals surface area contributed by atoms with Crippen LogP contribution in [0.3, 0.4) is 0 Å². The van der Waals surface area contributed by atoms with Crippen molar-refractivity contribution in [1.82, 2.24) is 9.21 Å². The lowest BCUT2D eigenvalue weighted by Crippen LogP contribution is -2.35. The lowest BCUT2D eigenvalue weighted by molar-refractivity contribution is 0.263. The van der Waals surface area contributed by atoms with Crippen LogP contribution in [0.2, 0.25) is 5.02 Å². The predicted molar refractivity (Wildman–Crippen MR) is 86.4 cm³/mol. The Kier molecular flexibility index (Phi) is 5.21. The van der Waals surface area contributed by atoms with Crippen molar-refractivity contribution < 1.29 is 8.42 Å². The van der Waals surface area contributed by atoms with E-state index in [2.05, 4.69) is 11.8 Å². The SMILES string of the molecule is CC1CN(S(=O)(=O)c2ccc(CCl)c(Cl)c2)CC1N(C)C. The van der Waals surface area contributed by atoms with Crippen molar-refractivity contribution in [2.24, 2.45) is 5.92 Å². The highest BCUT2D eigenvalue weighted by Gasteiger charge is 2.38. The van der Waals surface area contributed by atoms with Crippen LogP contribution in [0.4, 0.5) is 0 Å². The maximum Gasteiger partial charge on any atom is 0.243 e. The van der Waals surface area contributed by atoms with Crippen molar-refractivity contribution in [2.75, 3.05) is 27.2 Å². The fraction of sp³-hybridized carbons (Fsp3) is 0.571. The summed E-state index contributed by atoms with van der Waals surface area (Å²) in [5, 5.41) is 0.391. The summed E-state index contributed by atoms with van der Waals surface area (Å²) >= 11 is 11.8. The third kappa shape index (κ3) is 3.37. The fourth-order valence-corrected chi connectivity index (χ4v) is 4.92. The molecule has 0 aliphatic carbocycles. The molecule has 21 heavy (non-hydrogen) atoms. The Morgan fingerprint density at radius 3 is 2.48 bits per heavy atom. The van der Waals surface area contributed by atoms with E-state index in [-0.39, 0.29) is 16.8 Å². The molecule has 1 aliphatic rings. The van der Waals surface area contributed by atoms with Crippen LogP contribution in [0.1, 0.15) is 12.5 Å². The summed E-state index contributed by atoms with van der Waals surface area (Å²) in [6.07, 6.45) is 0. The molecule has 2 rings (SSSR count). The molecule has 1 saturated heterocycles. The number of hydrogen-bond acceptors (Lipinski definition) is 3. The van der Waals surface area contributed by atoms with Gasteiger partial charge >= 0.3 is 0 Å². The molecular formula is C14H20Cl2N2O2S. The highest BCUT2D eigenvalue weighted by molar-refractivity contribution is 7.89. The Hall–Kier alpha value is -0.330. The zero-order valence-electron chi connectivity index (χ0n) is 12.4. The Morgan fingerprint density at radius 1 is 1.33 bits per heavy atom. The lowest BCUT2D eigenvalue weighted by atomic mass is 10.1. The fourth-order valence-electron chi connectivity index (χ4n) is 2.72. The topological polar surface area (TPSA) is 40.6 Å². The number of alkyl halides is 1. The van der Waals surface area contributed by atoms with Gasteiger partial charge in [0, 0.05) is 30.0 Å². The summed E-state index contributed by atoms with van der Waals surface area (Å²) in [5.41, 5.74) is 0.734. The minimum Gasteiger partial charge on any atom is -0.305 e. The Morgan fingerprint density at radius 2 is 2.00 bits per heavy atom. The van der Waals surface area contributed by atoms with Crippen LogP contribution < -0.4 is 0 Å². The molecule has 0 spiro atoms. The van der Waals surface area contributed by atoms with Crippen molar-refractivity contribution in [1.29, 1.82) is 0 Å². The second-order valence-electron chi connectivity index (χ2n) is 5.72. The van der Waals surface area contributed by atoms with Crippen molar-refractivity contribution in [3.63, 3.8) is 0 Å². The van der Waals surface area contributed by atoms with Crippen LogP contribution >= 0.6 is 23.2 Å². The summed E-state index contributed by atoms with van der Waals surface area (Å²) in [6.45, 7) is 3.11. The summed E-state index contributed by atoms with van der Waals surface area (Å²) in [6, 6.07) is 4.97. The van der Waals surface area contributed by atoms with Crippen LogP contribution in [0.15, 0.2) is 23.1 Å². The zero-order chi connectivity index (χ0) is 15.8. The van der Waals surface area contributed by atoms with Crippen molar-refractivity contribution in [3.05, 3.63) is 28.8 Å². The molecule has 2 atom stereocenters. The van der Waals surface area contributed by atoms with Crippen molar-refractivity contribution in [2.45, 2.75) is 23.7 Å². The smallest absolute Gasteiger partial charge is 0.243 e. The third-order valence-electron chi connectivity index (χ3n) is 4.01. The highest BCUT2D eigenvalue weighted by atomic mass is 35.5. The van der Waals surface area contributed by atoms with Gasteiger partial charge in [0.1, 0.15) is 0 Å². The van der Waals surface area contributed by atoms with E-state index in [4.69, 9.17) is 23.2 Å². The second kappa shape index (κ2) is 6.42. The molecule has 7 heteroatoms. The van der Waals surface area contributed by atoms with Gasteiger partial charge in [-0.15, -0.1) is 11.6 Å². The average molecular weight is 351 g/mol. The molecule has 1 aliphatic heterocycles. The van der Waals surface area contributed by atoms with E-state index < -0.39 is 10.0 Å². The molecule has 4 nitrogen and oxygen atoms in total. The molecule has 0 radical (unpaired) electrons. The molecule has 2 unspecified atom stereocenters. The van der Waals surface area contributed by atoms with Gasteiger partial charge in [0.15, 0.2) is 0 Å². The summed E-state index contributed by atoms with van der Waals surface area (Å²) in [4.78, 5) is 2.30. The lowest BCUT2D eigenvalue weighted by Gasteiger charge is -2.22. The molecule has 1 aromatic rings. The molecule has 0 saturated carbocycles. The van der Waals surface area contributed by atoms with Gasteiger partial charge in [-0.25, -0.2) is 8.42 Å². The van der Waals surface area contributed by atoms with Gasteiger partial charge in [-0.05, 0) is 37.7 Å². The van der Waals surface area contributed by atoms with Gasteiger partial charge in [-0.2, -0.15) is 4.31 Å². The van der Waals surface area contributed by atoms with Crippen LogP contribution in [0.25, 0.3) is 0 Å². The summed E-state index contributed by atoms with van der Waals surface area (Å²) in [5.74, 6) is 0.565. The number of sulfonamides is 1. The standard InChI is InChI=1S/C14H20Cl2N2O2S/c1-10-8-18(9-14(10)17(2)3)21(19,20)12-5-4-11(7-15)13(16)6-12/h4-6,10,14H,7-9H2,1-3H3. The van der Waals surface area contributed by atoms with Gasteiger partial charge in [0.25, 0.3) is 0 Å². The van der Waals surface area contributed by atoms with E-state index in [0.29, 0.717) is 24.0 Å². The van der Waals surface area contributed by atoms with E-state index in [0.717, 1.165) is 5.56 Å². The predicted octanol–water partition coefficient (Wildman–Crippen LogP) is 2.65. The first-order chi connectivity index (χ1) is 9.77. The minimum absolute atomic E-state index is 0.230. The first-order valence-electron chi connectivity index (χ1n) is 6.78. The summed E-state index contributed by atoms with van der Waals surface area (Å²) in [7, 11) is 0.445. The second-order valence-corrected chi connectivity index (χ2v) is 8.33. The van der Waals surface area contributed by atoms with Gasteiger partial charge < -0.3 is 4.90 Å². The van der Waals surface area contributed by atoms with Gasteiger partial charge in [0.2, 0.25) is 10.0 Å². The molecule has 1 heterocycles. The average Bonchev–Trinajstić information content (AvgIpc) is 2.81. The quantitative estimate of drug-likeness (QED) is 0.783. The molecule has 118 valence electrons. The molecule has 1 fully saturated rings. The zero-order valence-corrected chi connectivity index (χ0v) is 14.7. The van der Waals surface area contributed by atoms with Gasteiger partial charge in [0.05, 0.1) is 4.90 Å². The van der Waals surface area contributed by atoms with Crippen molar-refractivity contribution in [3.8, 4) is 0 Å². The van der Waals surface area contributed by atoms with E-state index >= 15 is 0 Å². The van der Waals surface area contributed by atoms with Gasteiger partial charge in [-0.1, -0.05) is 24.6 Å². The number of nitrogens with zero attached hydrogens (tertiary/aromatic N) is 2. The number of rotatable bonds is 4.